The van der Waals surface area contributed by atoms with E-state index in [-0.39, 0.29) is 5.91 Å². The summed E-state index contributed by atoms with van der Waals surface area (Å²) in [5.41, 5.74) is 5.61. The first-order chi connectivity index (χ1) is 12.1. The van der Waals surface area contributed by atoms with Gasteiger partial charge >= 0.3 is 0 Å². The molecule has 1 aromatic heterocycles. The molecule has 0 bridgehead atoms. The van der Waals surface area contributed by atoms with Crippen molar-refractivity contribution in [3.63, 3.8) is 0 Å². The minimum Gasteiger partial charge on any atom is -0.358 e. The fourth-order valence-electron chi connectivity index (χ4n) is 2.83. The number of carbonyl (C=O) groups excluding carboxylic acids is 1. The predicted octanol–water partition coefficient (Wildman–Crippen LogP) is 3.99. The highest BCUT2D eigenvalue weighted by Gasteiger charge is 2.17. The lowest BCUT2D eigenvalue weighted by atomic mass is 10.1. The lowest BCUT2D eigenvalue weighted by molar-refractivity contribution is -0.118. The third kappa shape index (κ3) is 3.61. The normalized spacial score (nSPS) is 10.7. The van der Waals surface area contributed by atoms with Gasteiger partial charge in [0.05, 0.1) is 23.3 Å². The van der Waals surface area contributed by atoms with Crippen molar-refractivity contribution in [3.05, 3.63) is 65.9 Å². The molecule has 0 spiro atoms. The molecule has 0 saturated carbocycles. The Labute approximate surface area is 152 Å². The molecule has 25 heavy (non-hydrogen) atoms. The molecule has 1 heterocycles. The van der Waals surface area contributed by atoms with E-state index in [2.05, 4.69) is 59.0 Å². The number of carbonyl (C=O) groups is 1. The summed E-state index contributed by atoms with van der Waals surface area (Å²) in [6.45, 7) is 4.20. The molecular formula is C20H21N3OS. The second-order valence-electron chi connectivity index (χ2n) is 5.83. The molecule has 0 radical (unpaired) electrons. The van der Waals surface area contributed by atoms with Crippen LogP contribution in [0.3, 0.4) is 0 Å². The van der Waals surface area contributed by atoms with Gasteiger partial charge in [-0.2, -0.15) is 0 Å². The van der Waals surface area contributed by atoms with E-state index in [4.69, 9.17) is 0 Å². The van der Waals surface area contributed by atoms with Crippen LogP contribution in [0.25, 0.3) is 16.9 Å². The van der Waals surface area contributed by atoms with Crippen molar-refractivity contribution in [3.8, 4) is 16.9 Å². The van der Waals surface area contributed by atoms with Crippen LogP contribution in [0.4, 0.5) is 0 Å². The second kappa shape index (κ2) is 7.57. The molecule has 2 aromatic carbocycles. The van der Waals surface area contributed by atoms with Gasteiger partial charge < -0.3 is 5.32 Å². The van der Waals surface area contributed by atoms with Crippen LogP contribution in [0, 0.1) is 13.8 Å². The fraction of sp³-hybridized carbons (Fsp3) is 0.200. The Morgan fingerprint density at radius 3 is 2.40 bits per heavy atom. The van der Waals surface area contributed by atoms with E-state index in [1.807, 2.05) is 24.4 Å². The Morgan fingerprint density at radius 2 is 1.76 bits per heavy atom. The molecule has 0 saturated heterocycles. The van der Waals surface area contributed by atoms with Gasteiger partial charge in [0.15, 0.2) is 5.16 Å². The number of hydrogen-bond donors (Lipinski definition) is 1. The minimum atomic E-state index is -0.0117. The predicted molar refractivity (Wildman–Crippen MR) is 103 cm³/mol. The molecule has 0 unspecified atom stereocenters. The SMILES string of the molecule is CNC(=O)CSc1ncc(-c2ccccc2)n1-c1c(C)cccc1C. The van der Waals surface area contributed by atoms with Crippen LogP contribution in [0.15, 0.2) is 59.9 Å². The monoisotopic (exact) mass is 351 g/mol. The molecule has 4 nitrogen and oxygen atoms in total. The van der Waals surface area contributed by atoms with E-state index in [9.17, 15) is 4.79 Å². The van der Waals surface area contributed by atoms with E-state index in [0.29, 0.717) is 5.75 Å². The zero-order chi connectivity index (χ0) is 17.8. The van der Waals surface area contributed by atoms with Gasteiger partial charge in [-0.15, -0.1) is 0 Å². The van der Waals surface area contributed by atoms with Crippen molar-refractivity contribution < 1.29 is 4.79 Å². The highest BCUT2D eigenvalue weighted by molar-refractivity contribution is 7.99. The number of nitrogens with one attached hydrogen (secondary N) is 1. The van der Waals surface area contributed by atoms with Crippen LogP contribution >= 0.6 is 11.8 Å². The highest BCUT2D eigenvalue weighted by atomic mass is 32.2. The van der Waals surface area contributed by atoms with E-state index >= 15 is 0 Å². The van der Waals surface area contributed by atoms with Crippen LogP contribution in [0.1, 0.15) is 11.1 Å². The zero-order valence-electron chi connectivity index (χ0n) is 14.6. The number of imidazole rings is 1. The van der Waals surface area contributed by atoms with Crippen LogP contribution in [-0.2, 0) is 4.79 Å². The van der Waals surface area contributed by atoms with Gasteiger partial charge in [0.1, 0.15) is 0 Å². The summed E-state index contributed by atoms with van der Waals surface area (Å²) in [4.78, 5) is 16.3. The van der Waals surface area contributed by atoms with Gasteiger partial charge in [0.25, 0.3) is 0 Å². The number of amides is 1. The van der Waals surface area contributed by atoms with Crippen molar-refractivity contribution in [2.24, 2.45) is 0 Å². The summed E-state index contributed by atoms with van der Waals surface area (Å²) in [6.07, 6.45) is 1.88. The largest absolute Gasteiger partial charge is 0.358 e. The van der Waals surface area contributed by atoms with Crippen molar-refractivity contribution in [2.45, 2.75) is 19.0 Å². The highest BCUT2D eigenvalue weighted by Crippen LogP contribution is 2.32. The number of thioether (sulfide) groups is 1. The van der Waals surface area contributed by atoms with Gasteiger partial charge in [-0.1, -0.05) is 60.3 Å². The lowest BCUT2D eigenvalue weighted by Crippen LogP contribution is -2.20. The van der Waals surface area contributed by atoms with E-state index in [0.717, 1.165) is 22.1 Å². The Bertz CT molecular complexity index is 867. The van der Waals surface area contributed by atoms with Crippen LogP contribution in [0.2, 0.25) is 0 Å². The number of aryl methyl sites for hydroxylation is 2. The number of benzene rings is 2. The molecule has 0 aliphatic carbocycles. The van der Waals surface area contributed by atoms with Gasteiger partial charge in [-0.05, 0) is 25.0 Å². The Hall–Kier alpha value is -2.53. The number of hydrogen-bond acceptors (Lipinski definition) is 3. The maximum absolute atomic E-state index is 11.7. The van der Waals surface area contributed by atoms with Crippen molar-refractivity contribution >= 4 is 17.7 Å². The molecule has 5 heteroatoms. The first kappa shape index (κ1) is 17.3. The summed E-state index contributed by atoms with van der Waals surface area (Å²) in [6, 6.07) is 16.5. The minimum absolute atomic E-state index is 0.0117. The van der Waals surface area contributed by atoms with Gasteiger partial charge in [0.2, 0.25) is 5.91 Å². The molecule has 3 rings (SSSR count). The van der Waals surface area contributed by atoms with E-state index in [1.54, 1.807) is 7.05 Å². The van der Waals surface area contributed by atoms with Crippen molar-refractivity contribution in [1.82, 2.24) is 14.9 Å². The molecular weight excluding hydrogens is 330 g/mol. The number of para-hydroxylation sites is 1. The number of aromatic nitrogens is 2. The Morgan fingerprint density at radius 1 is 1.08 bits per heavy atom. The van der Waals surface area contributed by atoms with Gasteiger partial charge in [0, 0.05) is 12.6 Å². The summed E-state index contributed by atoms with van der Waals surface area (Å²) >= 11 is 1.45. The maximum Gasteiger partial charge on any atom is 0.230 e. The zero-order valence-corrected chi connectivity index (χ0v) is 15.4. The smallest absolute Gasteiger partial charge is 0.230 e. The quantitative estimate of drug-likeness (QED) is 0.707. The third-order valence-corrected chi connectivity index (χ3v) is 5.03. The lowest BCUT2D eigenvalue weighted by Gasteiger charge is -2.17. The van der Waals surface area contributed by atoms with Crippen molar-refractivity contribution in [1.29, 1.82) is 0 Å². The molecule has 128 valence electrons. The topological polar surface area (TPSA) is 46.9 Å². The summed E-state index contributed by atoms with van der Waals surface area (Å²) in [5.74, 6) is 0.328. The molecule has 0 aliphatic heterocycles. The molecule has 1 N–H and O–H groups in total. The van der Waals surface area contributed by atoms with E-state index in [1.165, 1.54) is 22.9 Å². The van der Waals surface area contributed by atoms with Gasteiger partial charge in [-0.3, -0.25) is 9.36 Å². The van der Waals surface area contributed by atoms with Gasteiger partial charge in [-0.25, -0.2) is 4.98 Å². The Kier molecular flexibility index (Phi) is 5.24. The maximum atomic E-state index is 11.7. The average molecular weight is 351 g/mol. The number of rotatable bonds is 5. The summed E-state index contributed by atoms with van der Waals surface area (Å²) in [5, 5.41) is 3.48. The van der Waals surface area contributed by atoms with Crippen molar-refractivity contribution in [2.75, 3.05) is 12.8 Å². The van der Waals surface area contributed by atoms with Crippen LogP contribution in [-0.4, -0.2) is 28.3 Å². The Balaban J connectivity index is 2.15. The molecule has 0 aliphatic rings. The molecule has 3 aromatic rings. The third-order valence-electron chi connectivity index (χ3n) is 4.07. The summed E-state index contributed by atoms with van der Waals surface area (Å²) in [7, 11) is 1.65. The van der Waals surface area contributed by atoms with E-state index < -0.39 is 0 Å². The fourth-order valence-corrected chi connectivity index (χ4v) is 3.68. The number of nitrogens with zero attached hydrogens (tertiary/aromatic N) is 2. The van der Waals surface area contributed by atoms with Crippen LogP contribution in [0.5, 0.6) is 0 Å². The molecule has 0 atom stereocenters. The molecule has 1 amide bonds. The summed E-state index contributed by atoms with van der Waals surface area (Å²) < 4.78 is 2.16. The second-order valence-corrected chi connectivity index (χ2v) is 6.77. The first-order valence-corrected chi connectivity index (χ1v) is 9.13. The first-order valence-electron chi connectivity index (χ1n) is 8.15. The average Bonchev–Trinajstić information content (AvgIpc) is 3.04. The molecule has 0 fully saturated rings. The van der Waals surface area contributed by atoms with Crippen LogP contribution < -0.4 is 5.32 Å². The standard InChI is InChI=1S/C20H21N3OS/c1-14-8-7-9-15(2)19(14)23-17(16-10-5-4-6-11-16)12-22-20(23)25-13-18(24)21-3/h4-12H,13H2,1-3H3,(H,21,24).